The van der Waals surface area contributed by atoms with Crippen molar-refractivity contribution in [3.05, 3.63) is 58.9 Å². The molecule has 1 aromatic heterocycles. The molecule has 2 aromatic rings. The highest BCUT2D eigenvalue weighted by Gasteiger charge is 2.36. The predicted molar refractivity (Wildman–Crippen MR) is 96.9 cm³/mol. The number of imide groups is 1. The van der Waals surface area contributed by atoms with Gasteiger partial charge < -0.3 is 9.15 Å². The van der Waals surface area contributed by atoms with E-state index in [4.69, 9.17) is 9.15 Å². The fourth-order valence-corrected chi connectivity index (χ4v) is 3.58. The summed E-state index contributed by atoms with van der Waals surface area (Å²) in [5.74, 6) is 1.41. The Morgan fingerprint density at radius 2 is 1.84 bits per heavy atom. The molecule has 0 aliphatic carbocycles. The van der Waals surface area contributed by atoms with Crippen LogP contribution in [0.25, 0.3) is 5.57 Å². The monoisotopic (exact) mass is 357 g/mol. The highest BCUT2D eigenvalue weighted by atomic mass is 32.2. The maximum Gasteiger partial charge on any atom is 0.267 e. The van der Waals surface area contributed by atoms with Gasteiger partial charge in [0, 0.05) is 7.05 Å². The van der Waals surface area contributed by atoms with Gasteiger partial charge >= 0.3 is 0 Å². The number of likely N-dealkylation sites (N-methyl/N-ethyl adjacent to an activating group) is 1. The molecule has 0 saturated carbocycles. The minimum Gasteiger partial charge on any atom is -0.491 e. The summed E-state index contributed by atoms with van der Waals surface area (Å²) in [6.07, 6.45) is 1.66. The third-order valence-electron chi connectivity index (χ3n) is 3.70. The van der Waals surface area contributed by atoms with E-state index in [-0.39, 0.29) is 17.9 Å². The van der Waals surface area contributed by atoms with Crippen LogP contribution in [0.2, 0.25) is 0 Å². The van der Waals surface area contributed by atoms with Crippen LogP contribution in [-0.4, -0.2) is 29.9 Å². The fourth-order valence-electron chi connectivity index (χ4n) is 2.52. The molecule has 0 fully saturated rings. The molecule has 25 heavy (non-hydrogen) atoms. The van der Waals surface area contributed by atoms with E-state index >= 15 is 0 Å². The van der Waals surface area contributed by atoms with E-state index in [2.05, 4.69) is 0 Å². The van der Waals surface area contributed by atoms with Gasteiger partial charge in [0.1, 0.15) is 11.5 Å². The maximum atomic E-state index is 12.5. The molecule has 1 aliphatic rings. The Hall–Kier alpha value is -2.47. The highest BCUT2D eigenvalue weighted by Crippen LogP contribution is 2.37. The maximum absolute atomic E-state index is 12.5. The number of benzene rings is 1. The molecular formula is C19H19NO4S. The summed E-state index contributed by atoms with van der Waals surface area (Å²) in [5, 5.41) is 0. The summed E-state index contributed by atoms with van der Waals surface area (Å²) in [7, 11) is 1.50. The first-order chi connectivity index (χ1) is 12.0. The van der Waals surface area contributed by atoms with Crippen LogP contribution in [0.15, 0.2) is 52.0 Å². The molecule has 0 N–H and O–H groups in total. The lowest BCUT2D eigenvalue weighted by molar-refractivity contribution is -0.134. The SMILES string of the molecule is CC(C)Oc1ccc(C2=C(SCc3ccco3)C(=O)N(C)C2=O)cc1. The summed E-state index contributed by atoms with van der Waals surface area (Å²) in [6, 6.07) is 10.9. The van der Waals surface area contributed by atoms with Crippen molar-refractivity contribution in [3.63, 3.8) is 0 Å². The topological polar surface area (TPSA) is 59.8 Å². The Morgan fingerprint density at radius 3 is 2.44 bits per heavy atom. The van der Waals surface area contributed by atoms with Crippen LogP contribution in [0.5, 0.6) is 5.75 Å². The summed E-state index contributed by atoms with van der Waals surface area (Å²) < 4.78 is 10.9. The fraction of sp³-hybridized carbons (Fsp3) is 0.263. The average Bonchev–Trinajstić information content (AvgIpc) is 3.17. The number of thioether (sulfide) groups is 1. The number of carbonyl (C=O) groups is 2. The quantitative estimate of drug-likeness (QED) is 0.738. The van der Waals surface area contributed by atoms with Crippen molar-refractivity contribution < 1.29 is 18.7 Å². The molecule has 6 heteroatoms. The Labute approximate surface area is 150 Å². The van der Waals surface area contributed by atoms with E-state index in [0.717, 1.165) is 16.4 Å². The van der Waals surface area contributed by atoms with Crippen LogP contribution in [0, 0.1) is 0 Å². The minimum atomic E-state index is -0.288. The zero-order chi connectivity index (χ0) is 18.0. The summed E-state index contributed by atoms with van der Waals surface area (Å²) >= 11 is 1.32. The molecule has 0 radical (unpaired) electrons. The molecule has 1 aromatic carbocycles. The van der Waals surface area contributed by atoms with E-state index in [1.165, 1.54) is 18.8 Å². The highest BCUT2D eigenvalue weighted by molar-refractivity contribution is 8.03. The van der Waals surface area contributed by atoms with Gasteiger partial charge in [0.05, 0.1) is 28.6 Å². The lowest BCUT2D eigenvalue weighted by atomic mass is 10.1. The molecule has 0 saturated heterocycles. The lowest BCUT2D eigenvalue weighted by Crippen LogP contribution is -2.26. The third kappa shape index (κ3) is 3.64. The molecule has 5 nitrogen and oxygen atoms in total. The van der Waals surface area contributed by atoms with Gasteiger partial charge in [-0.15, -0.1) is 11.8 Å². The molecule has 0 bridgehead atoms. The van der Waals surface area contributed by atoms with Gasteiger partial charge in [-0.3, -0.25) is 14.5 Å². The second-order valence-electron chi connectivity index (χ2n) is 5.93. The zero-order valence-electron chi connectivity index (χ0n) is 14.3. The van der Waals surface area contributed by atoms with Gasteiger partial charge in [-0.05, 0) is 43.7 Å². The second kappa shape index (κ2) is 7.19. The van der Waals surface area contributed by atoms with Crippen molar-refractivity contribution in [2.75, 3.05) is 7.05 Å². The molecule has 1 aliphatic heterocycles. The number of hydrogen-bond donors (Lipinski definition) is 0. The Balaban J connectivity index is 1.90. The average molecular weight is 357 g/mol. The Morgan fingerprint density at radius 1 is 1.12 bits per heavy atom. The number of rotatable bonds is 6. The first kappa shape index (κ1) is 17.4. The van der Waals surface area contributed by atoms with E-state index < -0.39 is 0 Å². The minimum absolute atomic E-state index is 0.0744. The van der Waals surface area contributed by atoms with Crippen molar-refractivity contribution in [1.29, 1.82) is 0 Å². The smallest absolute Gasteiger partial charge is 0.267 e. The van der Waals surface area contributed by atoms with Crippen LogP contribution in [0.3, 0.4) is 0 Å². The first-order valence-corrected chi connectivity index (χ1v) is 8.95. The van der Waals surface area contributed by atoms with E-state index in [9.17, 15) is 9.59 Å². The zero-order valence-corrected chi connectivity index (χ0v) is 15.1. The summed E-state index contributed by atoms with van der Waals surface area (Å²) in [4.78, 5) is 26.6. The van der Waals surface area contributed by atoms with Gasteiger partial charge in [-0.1, -0.05) is 12.1 Å². The van der Waals surface area contributed by atoms with Crippen molar-refractivity contribution in [1.82, 2.24) is 4.90 Å². The Bertz CT molecular complexity index is 806. The van der Waals surface area contributed by atoms with Crippen molar-refractivity contribution >= 4 is 29.1 Å². The molecule has 0 unspecified atom stereocenters. The van der Waals surface area contributed by atoms with Gasteiger partial charge in [0.25, 0.3) is 11.8 Å². The molecule has 2 amide bonds. The van der Waals surface area contributed by atoms with Crippen molar-refractivity contribution in [2.24, 2.45) is 0 Å². The molecule has 3 rings (SSSR count). The van der Waals surface area contributed by atoms with Crippen LogP contribution in [0.1, 0.15) is 25.2 Å². The molecule has 130 valence electrons. The predicted octanol–water partition coefficient (Wildman–Crippen LogP) is 3.71. The third-order valence-corrected chi connectivity index (χ3v) is 4.79. The van der Waals surface area contributed by atoms with E-state index in [1.54, 1.807) is 12.3 Å². The number of ether oxygens (including phenoxy) is 1. The molecule has 0 spiro atoms. The van der Waals surface area contributed by atoms with Crippen molar-refractivity contribution in [3.8, 4) is 5.75 Å². The van der Waals surface area contributed by atoms with Gasteiger partial charge in [0.15, 0.2) is 0 Å². The first-order valence-electron chi connectivity index (χ1n) is 7.96. The second-order valence-corrected chi connectivity index (χ2v) is 6.92. The van der Waals surface area contributed by atoms with Crippen molar-refractivity contribution in [2.45, 2.75) is 25.7 Å². The van der Waals surface area contributed by atoms with Gasteiger partial charge in [0.2, 0.25) is 0 Å². The summed E-state index contributed by atoms with van der Waals surface area (Å²) in [5.41, 5.74) is 1.14. The van der Waals surface area contributed by atoms with Crippen LogP contribution in [-0.2, 0) is 15.3 Å². The van der Waals surface area contributed by atoms with Crippen LogP contribution in [0.4, 0.5) is 0 Å². The normalized spacial score (nSPS) is 14.8. The summed E-state index contributed by atoms with van der Waals surface area (Å²) in [6.45, 7) is 3.90. The lowest BCUT2D eigenvalue weighted by Gasteiger charge is -2.10. The number of hydrogen-bond acceptors (Lipinski definition) is 5. The van der Waals surface area contributed by atoms with Crippen LogP contribution < -0.4 is 4.74 Å². The van der Waals surface area contributed by atoms with E-state index in [0.29, 0.717) is 21.8 Å². The number of amides is 2. The number of carbonyl (C=O) groups excluding carboxylic acids is 2. The van der Waals surface area contributed by atoms with Gasteiger partial charge in [-0.2, -0.15) is 0 Å². The van der Waals surface area contributed by atoms with Gasteiger partial charge in [-0.25, -0.2) is 0 Å². The standard InChI is InChI=1S/C19H19NO4S/c1-12(2)24-14-8-6-13(7-9-14)16-17(19(22)20(3)18(16)21)25-11-15-5-4-10-23-15/h4-10,12H,11H2,1-3H3. The Kier molecular flexibility index (Phi) is 4.99. The molecule has 0 atom stereocenters. The molecule has 2 heterocycles. The number of nitrogens with zero attached hydrogens (tertiary/aromatic N) is 1. The number of furan rings is 1. The molecular weight excluding hydrogens is 338 g/mol. The van der Waals surface area contributed by atoms with Crippen LogP contribution >= 0.6 is 11.8 Å². The van der Waals surface area contributed by atoms with E-state index in [1.807, 2.05) is 44.2 Å². The largest absolute Gasteiger partial charge is 0.491 e.